The van der Waals surface area contributed by atoms with E-state index in [4.69, 9.17) is 0 Å². The van der Waals surface area contributed by atoms with Crippen LogP contribution < -0.4 is 0 Å². The minimum absolute atomic E-state index is 1.01. The zero-order chi connectivity index (χ0) is 22.0. The first kappa shape index (κ1) is 30.0. The Morgan fingerprint density at radius 1 is 0.367 bits per heavy atom. The SMILES string of the molecule is [CH2]CCCCCCCCCCCCCCCC(CC)CCCCCCCCCC[CH2]. The van der Waals surface area contributed by atoms with Gasteiger partial charge in [0.05, 0.1) is 0 Å². The van der Waals surface area contributed by atoms with Crippen LogP contribution in [0.2, 0.25) is 0 Å². The summed E-state index contributed by atoms with van der Waals surface area (Å²) in [6.45, 7) is 10.3. The van der Waals surface area contributed by atoms with Crippen molar-refractivity contribution in [3.63, 3.8) is 0 Å². The van der Waals surface area contributed by atoms with Gasteiger partial charge in [0.2, 0.25) is 0 Å². The van der Waals surface area contributed by atoms with Crippen molar-refractivity contribution in [2.75, 3.05) is 0 Å². The van der Waals surface area contributed by atoms with Crippen molar-refractivity contribution in [3.8, 4) is 0 Å². The highest BCUT2D eigenvalue weighted by molar-refractivity contribution is 4.59. The van der Waals surface area contributed by atoms with Gasteiger partial charge in [-0.2, -0.15) is 0 Å². The van der Waals surface area contributed by atoms with Gasteiger partial charge in [-0.3, -0.25) is 0 Å². The molecule has 0 aliphatic rings. The predicted octanol–water partition coefficient (Wildman–Crippen LogP) is 11.4. The Bertz CT molecular complexity index is 282. The topological polar surface area (TPSA) is 0 Å². The maximum Gasteiger partial charge on any atom is -0.0417 e. The van der Waals surface area contributed by atoms with Crippen LogP contribution in [0.15, 0.2) is 0 Å². The molecule has 0 aliphatic carbocycles. The third-order valence-electron chi connectivity index (χ3n) is 7.05. The van der Waals surface area contributed by atoms with E-state index in [2.05, 4.69) is 20.8 Å². The average Bonchev–Trinajstić information content (AvgIpc) is 2.76. The van der Waals surface area contributed by atoms with Crippen LogP contribution in [0.3, 0.4) is 0 Å². The van der Waals surface area contributed by atoms with Gasteiger partial charge in [0.25, 0.3) is 0 Å². The molecule has 0 fully saturated rings. The number of hydrogen-bond donors (Lipinski definition) is 0. The Balaban J connectivity index is 3.25. The molecule has 0 aromatic heterocycles. The average molecular weight is 421 g/mol. The quantitative estimate of drug-likeness (QED) is 0.122. The molecule has 0 heteroatoms. The summed E-state index contributed by atoms with van der Waals surface area (Å²) in [7, 11) is 0. The Hall–Kier alpha value is 0. The van der Waals surface area contributed by atoms with Crippen molar-refractivity contribution >= 4 is 0 Å². The van der Waals surface area contributed by atoms with E-state index in [1.165, 1.54) is 154 Å². The minimum atomic E-state index is 1.01. The predicted molar refractivity (Wildman–Crippen MR) is 140 cm³/mol. The maximum atomic E-state index is 3.93. The highest BCUT2D eigenvalue weighted by atomic mass is 14.1. The van der Waals surface area contributed by atoms with Gasteiger partial charge in [0.1, 0.15) is 0 Å². The van der Waals surface area contributed by atoms with Crippen LogP contribution in [0, 0.1) is 19.8 Å². The molecule has 0 aromatic carbocycles. The summed E-state index contributed by atoms with van der Waals surface area (Å²) in [6.07, 6.45) is 37.1. The van der Waals surface area contributed by atoms with Gasteiger partial charge in [0, 0.05) is 0 Å². The summed E-state index contributed by atoms with van der Waals surface area (Å²) in [5.41, 5.74) is 0. The molecule has 30 heavy (non-hydrogen) atoms. The normalized spacial score (nSPS) is 12.5. The third-order valence-corrected chi connectivity index (χ3v) is 7.05. The molecule has 0 saturated carbocycles. The van der Waals surface area contributed by atoms with E-state index in [9.17, 15) is 0 Å². The second-order valence-electron chi connectivity index (χ2n) is 9.98. The molecule has 0 nitrogen and oxygen atoms in total. The zero-order valence-electron chi connectivity index (χ0n) is 21.4. The molecule has 180 valence electrons. The van der Waals surface area contributed by atoms with Crippen molar-refractivity contribution in [1.29, 1.82) is 0 Å². The van der Waals surface area contributed by atoms with E-state index in [1.807, 2.05) is 0 Å². The first-order valence-corrected chi connectivity index (χ1v) is 14.4. The molecule has 0 saturated heterocycles. The van der Waals surface area contributed by atoms with Crippen molar-refractivity contribution in [1.82, 2.24) is 0 Å². The molecular weight excluding hydrogens is 360 g/mol. The van der Waals surface area contributed by atoms with Crippen LogP contribution in [0.25, 0.3) is 0 Å². The van der Waals surface area contributed by atoms with E-state index in [1.54, 1.807) is 0 Å². The molecule has 2 radical (unpaired) electrons. The Morgan fingerprint density at radius 3 is 0.833 bits per heavy atom. The van der Waals surface area contributed by atoms with Crippen molar-refractivity contribution in [2.24, 2.45) is 5.92 Å². The number of rotatable bonds is 26. The Morgan fingerprint density at radius 2 is 0.600 bits per heavy atom. The highest BCUT2D eigenvalue weighted by Crippen LogP contribution is 2.22. The third kappa shape index (κ3) is 24.3. The van der Waals surface area contributed by atoms with Gasteiger partial charge in [-0.05, 0) is 5.92 Å². The summed E-state index contributed by atoms with van der Waals surface area (Å²) < 4.78 is 0. The van der Waals surface area contributed by atoms with E-state index >= 15 is 0 Å². The van der Waals surface area contributed by atoms with Crippen LogP contribution in [0.4, 0.5) is 0 Å². The molecule has 0 spiro atoms. The summed E-state index contributed by atoms with van der Waals surface area (Å²) in [6, 6.07) is 0. The van der Waals surface area contributed by atoms with E-state index in [-0.39, 0.29) is 0 Å². The molecule has 1 atom stereocenters. The van der Waals surface area contributed by atoms with Gasteiger partial charge in [-0.1, -0.05) is 188 Å². The first-order valence-electron chi connectivity index (χ1n) is 14.4. The van der Waals surface area contributed by atoms with Gasteiger partial charge < -0.3 is 0 Å². The van der Waals surface area contributed by atoms with E-state index in [0.29, 0.717) is 0 Å². The summed E-state index contributed by atoms with van der Waals surface area (Å²) >= 11 is 0. The largest absolute Gasteiger partial charge is 0.0651 e. The lowest BCUT2D eigenvalue weighted by Crippen LogP contribution is -1.99. The smallest absolute Gasteiger partial charge is 0.0417 e. The second kappa shape index (κ2) is 27.0. The molecule has 0 aliphatic heterocycles. The maximum absolute atomic E-state index is 3.93. The highest BCUT2D eigenvalue weighted by Gasteiger charge is 2.06. The van der Waals surface area contributed by atoms with E-state index < -0.39 is 0 Å². The Kier molecular flexibility index (Phi) is 27.0. The van der Waals surface area contributed by atoms with Crippen LogP contribution in [-0.4, -0.2) is 0 Å². The van der Waals surface area contributed by atoms with E-state index in [0.717, 1.165) is 18.8 Å². The Labute approximate surface area is 193 Å². The molecule has 0 amide bonds. The standard InChI is InChI=1S/C30H60/c1-4-7-9-11-13-15-16-17-18-19-21-23-25-27-29-30(6-3)28-26-24-22-20-14-12-10-8-5-2/h30H,1-2,4-29H2,3H3. The minimum Gasteiger partial charge on any atom is -0.0651 e. The lowest BCUT2D eigenvalue weighted by Gasteiger charge is -2.14. The molecule has 0 heterocycles. The first-order chi connectivity index (χ1) is 14.8. The fourth-order valence-corrected chi connectivity index (χ4v) is 4.78. The summed E-state index contributed by atoms with van der Waals surface area (Å²) in [4.78, 5) is 0. The fourth-order valence-electron chi connectivity index (χ4n) is 4.78. The van der Waals surface area contributed by atoms with Crippen LogP contribution in [0.1, 0.15) is 174 Å². The van der Waals surface area contributed by atoms with Gasteiger partial charge in [-0.25, -0.2) is 0 Å². The molecule has 0 aromatic rings. The fraction of sp³-hybridized carbons (Fsp3) is 0.933. The van der Waals surface area contributed by atoms with Gasteiger partial charge in [0.15, 0.2) is 0 Å². The lowest BCUT2D eigenvalue weighted by molar-refractivity contribution is 0.392. The van der Waals surface area contributed by atoms with Crippen molar-refractivity contribution in [3.05, 3.63) is 13.8 Å². The molecule has 1 unspecified atom stereocenters. The van der Waals surface area contributed by atoms with Crippen LogP contribution in [-0.2, 0) is 0 Å². The number of unbranched alkanes of at least 4 members (excludes halogenated alkanes) is 21. The molecular formula is C30H60. The number of hydrogen-bond acceptors (Lipinski definition) is 0. The molecule has 0 N–H and O–H groups in total. The lowest BCUT2D eigenvalue weighted by atomic mass is 9.92. The van der Waals surface area contributed by atoms with Gasteiger partial charge in [-0.15, -0.1) is 0 Å². The monoisotopic (exact) mass is 420 g/mol. The summed E-state index contributed by atoms with van der Waals surface area (Å²) in [5, 5.41) is 0. The van der Waals surface area contributed by atoms with Gasteiger partial charge >= 0.3 is 0 Å². The van der Waals surface area contributed by atoms with Crippen molar-refractivity contribution < 1.29 is 0 Å². The zero-order valence-corrected chi connectivity index (χ0v) is 21.4. The summed E-state index contributed by atoms with van der Waals surface area (Å²) in [5.74, 6) is 1.01. The van der Waals surface area contributed by atoms with Crippen molar-refractivity contribution in [2.45, 2.75) is 174 Å². The molecule has 0 bridgehead atoms. The molecule has 0 rings (SSSR count). The van der Waals surface area contributed by atoms with Crippen LogP contribution in [0.5, 0.6) is 0 Å². The van der Waals surface area contributed by atoms with Crippen LogP contribution >= 0.6 is 0 Å². The second-order valence-corrected chi connectivity index (χ2v) is 9.98.